The van der Waals surface area contributed by atoms with E-state index in [1.807, 2.05) is 5.32 Å². The molecule has 0 fully saturated rings. The van der Waals surface area contributed by atoms with Crippen molar-refractivity contribution in [3.63, 3.8) is 0 Å². The number of carbonyl (C=O) groups is 1. The molecule has 0 aromatic carbocycles. The summed E-state index contributed by atoms with van der Waals surface area (Å²) in [4.78, 5) is 9.72. The first-order chi connectivity index (χ1) is 4.16. The van der Waals surface area contributed by atoms with E-state index in [4.69, 9.17) is 15.3 Å². The largest absolute Gasteiger partial charge is 0.465 e. The lowest BCUT2D eigenvalue weighted by Crippen LogP contribution is -2.32. The lowest BCUT2D eigenvalue weighted by Gasteiger charge is -2.04. The molecule has 0 aliphatic heterocycles. The van der Waals surface area contributed by atoms with E-state index in [0.29, 0.717) is 0 Å². The smallest absolute Gasteiger partial charge is 0.404 e. The molecular weight excluding hydrogens is 126 g/mol. The van der Waals surface area contributed by atoms with Crippen molar-refractivity contribution in [3.8, 4) is 0 Å². The summed E-state index contributed by atoms with van der Waals surface area (Å²) in [5.41, 5.74) is 0. The van der Waals surface area contributed by atoms with Crippen molar-refractivity contribution >= 4 is 6.09 Å². The van der Waals surface area contributed by atoms with Gasteiger partial charge < -0.3 is 20.6 Å². The summed E-state index contributed by atoms with van der Waals surface area (Å²) in [6.45, 7) is -0.563. The SMILES string of the molecule is O=C(O)NC[C@@H](O)CO. The van der Waals surface area contributed by atoms with Gasteiger partial charge in [-0.25, -0.2) is 4.79 Å². The van der Waals surface area contributed by atoms with Crippen molar-refractivity contribution in [2.75, 3.05) is 13.2 Å². The maximum Gasteiger partial charge on any atom is 0.404 e. The molecule has 0 rings (SSSR count). The minimum absolute atomic E-state index is 0.133. The van der Waals surface area contributed by atoms with Crippen LogP contribution < -0.4 is 5.32 Å². The molecule has 0 aromatic rings. The summed E-state index contributed by atoms with van der Waals surface area (Å²) >= 11 is 0. The van der Waals surface area contributed by atoms with Gasteiger partial charge in [0.25, 0.3) is 0 Å². The van der Waals surface area contributed by atoms with E-state index in [0.717, 1.165) is 0 Å². The number of hydrogen-bond acceptors (Lipinski definition) is 3. The highest BCUT2D eigenvalue weighted by Gasteiger charge is 2.01. The Kier molecular flexibility index (Phi) is 3.74. The second-order valence-corrected chi connectivity index (χ2v) is 1.52. The first kappa shape index (κ1) is 8.19. The van der Waals surface area contributed by atoms with Gasteiger partial charge in [-0.2, -0.15) is 0 Å². The number of amides is 1. The number of carboxylic acid groups (broad SMARTS) is 1. The van der Waals surface area contributed by atoms with E-state index in [1.54, 1.807) is 0 Å². The lowest BCUT2D eigenvalue weighted by atomic mass is 10.4. The van der Waals surface area contributed by atoms with Gasteiger partial charge in [0.05, 0.1) is 12.7 Å². The van der Waals surface area contributed by atoms with Gasteiger partial charge in [-0.1, -0.05) is 0 Å². The molecule has 5 heteroatoms. The normalized spacial score (nSPS) is 12.7. The van der Waals surface area contributed by atoms with Gasteiger partial charge in [0.2, 0.25) is 0 Å². The maximum atomic E-state index is 9.72. The molecule has 9 heavy (non-hydrogen) atoms. The molecule has 1 amide bonds. The van der Waals surface area contributed by atoms with Crippen LogP contribution in [0.3, 0.4) is 0 Å². The highest BCUT2D eigenvalue weighted by molar-refractivity contribution is 5.64. The number of rotatable bonds is 3. The number of aliphatic hydroxyl groups is 2. The minimum Gasteiger partial charge on any atom is -0.465 e. The van der Waals surface area contributed by atoms with Crippen LogP contribution in [0.15, 0.2) is 0 Å². The van der Waals surface area contributed by atoms with Gasteiger partial charge in [-0.15, -0.1) is 0 Å². The van der Waals surface area contributed by atoms with Gasteiger partial charge in [0.1, 0.15) is 0 Å². The van der Waals surface area contributed by atoms with Crippen LogP contribution in [0.5, 0.6) is 0 Å². The second-order valence-electron chi connectivity index (χ2n) is 1.52. The summed E-state index contributed by atoms with van der Waals surface area (Å²) in [6.07, 6.45) is -2.20. The summed E-state index contributed by atoms with van der Waals surface area (Å²) in [5.74, 6) is 0. The van der Waals surface area contributed by atoms with Gasteiger partial charge >= 0.3 is 6.09 Å². The average Bonchev–Trinajstić information content (AvgIpc) is 1.83. The summed E-state index contributed by atoms with van der Waals surface area (Å²) in [6, 6.07) is 0. The zero-order valence-electron chi connectivity index (χ0n) is 4.74. The standard InChI is InChI=1S/C4H9NO4/c6-2-3(7)1-5-4(8)9/h3,5-7H,1-2H2,(H,8,9)/t3-/m1/s1. The third-order valence-electron chi connectivity index (χ3n) is 0.700. The predicted molar refractivity (Wildman–Crippen MR) is 29.1 cm³/mol. The fourth-order valence-corrected chi connectivity index (χ4v) is 0.270. The van der Waals surface area contributed by atoms with Gasteiger partial charge in [0.15, 0.2) is 0 Å². The van der Waals surface area contributed by atoms with Crippen LogP contribution in [0.4, 0.5) is 4.79 Å². The van der Waals surface area contributed by atoms with E-state index in [2.05, 4.69) is 0 Å². The molecule has 0 unspecified atom stereocenters. The van der Waals surface area contributed by atoms with Crippen molar-refractivity contribution in [2.45, 2.75) is 6.10 Å². The Morgan fingerprint density at radius 2 is 2.22 bits per heavy atom. The first-order valence-electron chi connectivity index (χ1n) is 2.42. The molecule has 0 radical (unpaired) electrons. The summed E-state index contributed by atoms with van der Waals surface area (Å²) in [7, 11) is 0. The number of hydrogen-bond donors (Lipinski definition) is 4. The van der Waals surface area contributed by atoms with Crippen LogP contribution in [0.2, 0.25) is 0 Å². The van der Waals surface area contributed by atoms with Crippen LogP contribution in [0, 0.1) is 0 Å². The van der Waals surface area contributed by atoms with E-state index in [1.165, 1.54) is 0 Å². The highest BCUT2D eigenvalue weighted by atomic mass is 16.4. The van der Waals surface area contributed by atoms with Crippen molar-refractivity contribution in [1.29, 1.82) is 0 Å². The average molecular weight is 135 g/mol. The Bertz CT molecular complexity index is 94.6. The van der Waals surface area contributed by atoms with Crippen LogP contribution in [-0.4, -0.2) is 40.7 Å². The molecular formula is C4H9NO4. The maximum absolute atomic E-state index is 9.72. The van der Waals surface area contributed by atoms with E-state index in [-0.39, 0.29) is 6.54 Å². The van der Waals surface area contributed by atoms with Crippen molar-refractivity contribution in [2.24, 2.45) is 0 Å². The van der Waals surface area contributed by atoms with Gasteiger partial charge in [-0.05, 0) is 0 Å². The Balaban J connectivity index is 3.16. The number of nitrogens with one attached hydrogen (secondary N) is 1. The molecule has 0 aliphatic carbocycles. The molecule has 0 heterocycles. The van der Waals surface area contributed by atoms with E-state index in [9.17, 15) is 4.79 Å². The zero-order valence-corrected chi connectivity index (χ0v) is 4.74. The van der Waals surface area contributed by atoms with E-state index >= 15 is 0 Å². The molecule has 54 valence electrons. The summed E-state index contributed by atoms with van der Waals surface area (Å²) < 4.78 is 0. The van der Waals surface area contributed by atoms with Crippen molar-refractivity contribution < 1.29 is 20.1 Å². The quantitative estimate of drug-likeness (QED) is 0.383. The Morgan fingerprint density at radius 1 is 1.67 bits per heavy atom. The fraction of sp³-hybridized carbons (Fsp3) is 0.750. The summed E-state index contributed by atoms with van der Waals surface area (Å²) in [5, 5.41) is 26.6. The van der Waals surface area contributed by atoms with Gasteiger partial charge in [0, 0.05) is 6.54 Å². The first-order valence-corrected chi connectivity index (χ1v) is 2.42. The molecule has 0 saturated carbocycles. The third kappa shape index (κ3) is 5.05. The molecule has 5 nitrogen and oxygen atoms in total. The third-order valence-corrected chi connectivity index (χ3v) is 0.700. The molecule has 4 N–H and O–H groups in total. The van der Waals surface area contributed by atoms with Crippen LogP contribution >= 0.6 is 0 Å². The molecule has 0 aromatic heterocycles. The Morgan fingerprint density at radius 3 is 2.56 bits per heavy atom. The Labute approximate surface area is 51.9 Å². The van der Waals surface area contributed by atoms with Crippen molar-refractivity contribution in [3.05, 3.63) is 0 Å². The lowest BCUT2D eigenvalue weighted by molar-refractivity contribution is 0.0931. The van der Waals surface area contributed by atoms with E-state index < -0.39 is 18.8 Å². The molecule has 0 aliphatic rings. The van der Waals surface area contributed by atoms with Crippen LogP contribution in [0.1, 0.15) is 0 Å². The highest BCUT2D eigenvalue weighted by Crippen LogP contribution is 1.75. The van der Waals surface area contributed by atoms with Crippen LogP contribution in [0.25, 0.3) is 0 Å². The molecule has 0 bridgehead atoms. The predicted octanol–water partition coefficient (Wildman–Crippen LogP) is -1.39. The second kappa shape index (κ2) is 4.11. The number of aliphatic hydroxyl groups excluding tert-OH is 2. The van der Waals surface area contributed by atoms with Crippen LogP contribution in [-0.2, 0) is 0 Å². The molecule has 0 saturated heterocycles. The fourth-order valence-electron chi connectivity index (χ4n) is 0.270. The monoisotopic (exact) mass is 135 g/mol. The van der Waals surface area contributed by atoms with Gasteiger partial charge in [-0.3, -0.25) is 0 Å². The Hall–Kier alpha value is -0.810. The topological polar surface area (TPSA) is 89.8 Å². The zero-order chi connectivity index (χ0) is 7.28. The minimum atomic E-state index is -1.21. The van der Waals surface area contributed by atoms with Crippen molar-refractivity contribution in [1.82, 2.24) is 5.32 Å². The molecule has 0 spiro atoms. The molecule has 1 atom stereocenters.